The highest BCUT2D eigenvalue weighted by atomic mass is 35.5. The molecule has 0 spiro atoms. The molecule has 4 atom stereocenters. The first-order valence-corrected chi connectivity index (χ1v) is 11.0. The molecule has 0 N–H and O–H groups in total. The Kier molecular flexibility index (Phi) is 5.08. The Morgan fingerprint density at radius 1 is 1.10 bits per heavy atom. The van der Waals surface area contributed by atoms with Crippen LogP contribution in [0.15, 0.2) is 52.3 Å². The van der Waals surface area contributed by atoms with Gasteiger partial charge in [0.15, 0.2) is 11.5 Å². The van der Waals surface area contributed by atoms with Crippen LogP contribution in [0.25, 0.3) is 0 Å². The molecule has 8 heteroatoms. The first kappa shape index (κ1) is 20.0. The second kappa shape index (κ2) is 7.63. The number of carbonyl (C=O) groups excluding carboxylic acids is 2. The minimum absolute atomic E-state index is 0.0688. The molecule has 1 aromatic carbocycles. The largest absolute Gasteiger partial charge is 0.483 e. The molecule has 1 amide bonds. The summed E-state index contributed by atoms with van der Waals surface area (Å²) in [5, 5.41) is 0.690. The monoisotopic (exact) mass is 465 g/mol. The number of benzene rings is 1. The van der Waals surface area contributed by atoms with E-state index in [2.05, 4.69) is 0 Å². The minimum atomic E-state index is -0.628. The number of amides is 1. The van der Waals surface area contributed by atoms with Crippen LogP contribution in [0.1, 0.15) is 36.6 Å². The van der Waals surface area contributed by atoms with Crippen LogP contribution in [0, 0.1) is 5.92 Å². The van der Waals surface area contributed by atoms with Crippen molar-refractivity contribution in [3.8, 4) is 0 Å². The molecule has 5 rings (SSSR count). The number of carbonyl (C=O) groups is 2. The van der Waals surface area contributed by atoms with Gasteiger partial charge in [-0.2, -0.15) is 0 Å². The number of Topliss-reactive ketones (excluding diaryl/α,β-unsaturated/α-hetero) is 1. The molecule has 1 saturated carbocycles. The predicted octanol–water partition coefficient (Wildman–Crippen LogP) is 5.30. The number of alkyl halides is 1. The average molecular weight is 467 g/mol. The fourth-order valence-corrected chi connectivity index (χ4v) is 5.25. The summed E-state index contributed by atoms with van der Waals surface area (Å²) in [4.78, 5) is 28.5. The van der Waals surface area contributed by atoms with Crippen LogP contribution >= 0.6 is 34.8 Å². The summed E-state index contributed by atoms with van der Waals surface area (Å²) < 4.78 is 11.6. The molecule has 1 fully saturated rings. The smallest absolute Gasteiger partial charge is 0.290 e. The number of ether oxygens (including phenoxy) is 1. The van der Waals surface area contributed by atoms with E-state index in [9.17, 15) is 9.59 Å². The highest BCUT2D eigenvalue weighted by Crippen LogP contribution is 2.48. The van der Waals surface area contributed by atoms with Gasteiger partial charge in [-0.15, -0.1) is 11.6 Å². The SMILES string of the molecule is O=C1C2=C(OC3CCC(Cl)CC13)C(=O)N(Cc1ccco1)C2c1ccc(Cl)c(Cl)c1. The van der Waals surface area contributed by atoms with Crippen molar-refractivity contribution in [2.24, 2.45) is 5.92 Å². The zero-order valence-corrected chi connectivity index (χ0v) is 18.1. The lowest BCUT2D eigenvalue weighted by molar-refractivity contribution is -0.135. The maximum absolute atomic E-state index is 13.6. The maximum Gasteiger partial charge on any atom is 0.290 e. The van der Waals surface area contributed by atoms with Crippen LogP contribution in [0.4, 0.5) is 0 Å². The highest BCUT2D eigenvalue weighted by molar-refractivity contribution is 6.42. The molecule has 3 aliphatic rings. The molecule has 30 heavy (non-hydrogen) atoms. The second-order valence-corrected chi connectivity index (χ2v) is 9.30. The molecule has 0 radical (unpaired) electrons. The molecule has 2 aromatic rings. The quantitative estimate of drug-likeness (QED) is 0.576. The van der Waals surface area contributed by atoms with Gasteiger partial charge in [0.2, 0.25) is 0 Å². The van der Waals surface area contributed by atoms with Gasteiger partial charge in [0.25, 0.3) is 5.91 Å². The number of halogens is 3. The summed E-state index contributed by atoms with van der Waals surface area (Å²) >= 11 is 18.7. The van der Waals surface area contributed by atoms with E-state index in [-0.39, 0.29) is 41.4 Å². The van der Waals surface area contributed by atoms with E-state index < -0.39 is 6.04 Å². The predicted molar refractivity (Wildman–Crippen MR) is 112 cm³/mol. The van der Waals surface area contributed by atoms with E-state index in [0.717, 1.165) is 6.42 Å². The van der Waals surface area contributed by atoms with Crippen molar-refractivity contribution in [1.82, 2.24) is 4.90 Å². The van der Waals surface area contributed by atoms with E-state index in [4.69, 9.17) is 44.0 Å². The molecular formula is C22H18Cl3NO4. The molecular weight excluding hydrogens is 449 g/mol. The summed E-state index contributed by atoms with van der Waals surface area (Å²) in [5.74, 6) is 0.00715. The van der Waals surface area contributed by atoms with Gasteiger partial charge < -0.3 is 14.1 Å². The molecule has 0 saturated heterocycles. The third-order valence-electron chi connectivity index (χ3n) is 6.04. The Labute approximate surface area is 188 Å². The second-order valence-electron chi connectivity index (χ2n) is 7.87. The van der Waals surface area contributed by atoms with Crippen LogP contribution in [-0.2, 0) is 20.9 Å². The summed E-state index contributed by atoms with van der Waals surface area (Å²) in [6.45, 7) is 0.202. The van der Waals surface area contributed by atoms with Crippen molar-refractivity contribution in [2.75, 3.05) is 0 Å². The van der Waals surface area contributed by atoms with E-state index in [0.29, 0.717) is 39.8 Å². The number of rotatable bonds is 3. The van der Waals surface area contributed by atoms with Crippen molar-refractivity contribution in [2.45, 2.75) is 43.3 Å². The standard InChI is InChI=1S/C22H18Cl3NO4/c23-12-4-6-17-14(9-12)20(27)18-19(11-3-5-15(24)16(25)8-11)26(22(28)21(18)30-17)10-13-2-1-7-29-13/h1-3,5,7-8,12,14,17,19H,4,6,9-10H2. The molecule has 1 aromatic heterocycles. The molecule has 4 unspecified atom stereocenters. The third kappa shape index (κ3) is 3.24. The summed E-state index contributed by atoms with van der Waals surface area (Å²) in [6, 6.07) is 8.06. The Balaban J connectivity index is 1.60. The maximum atomic E-state index is 13.6. The lowest BCUT2D eigenvalue weighted by Crippen LogP contribution is -2.41. The van der Waals surface area contributed by atoms with Crippen molar-refractivity contribution < 1.29 is 18.7 Å². The fourth-order valence-electron chi connectivity index (χ4n) is 4.63. The Hall–Kier alpha value is -1.95. The zero-order valence-electron chi connectivity index (χ0n) is 15.8. The normalized spacial score (nSPS) is 28.4. The fraction of sp³-hybridized carbons (Fsp3) is 0.364. The van der Waals surface area contributed by atoms with Gasteiger partial charge in [0.05, 0.1) is 40.4 Å². The number of ketones is 1. The molecule has 156 valence electrons. The lowest BCUT2D eigenvalue weighted by atomic mass is 9.77. The van der Waals surface area contributed by atoms with Crippen LogP contribution in [0.2, 0.25) is 10.0 Å². The minimum Gasteiger partial charge on any atom is -0.483 e. The summed E-state index contributed by atoms with van der Waals surface area (Å²) in [7, 11) is 0. The molecule has 5 nitrogen and oxygen atoms in total. The van der Waals surface area contributed by atoms with Gasteiger partial charge >= 0.3 is 0 Å². The summed E-state index contributed by atoms with van der Waals surface area (Å²) in [5.41, 5.74) is 1.07. The number of furan rings is 1. The van der Waals surface area contributed by atoms with Crippen LogP contribution in [-0.4, -0.2) is 28.1 Å². The summed E-state index contributed by atoms with van der Waals surface area (Å²) in [6.07, 6.45) is 3.20. The van der Waals surface area contributed by atoms with Gasteiger partial charge in [0.1, 0.15) is 11.9 Å². The number of fused-ring (bicyclic) bond motifs is 1. The Morgan fingerprint density at radius 2 is 1.93 bits per heavy atom. The van der Waals surface area contributed by atoms with E-state index in [1.807, 2.05) is 0 Å². The highest BCUT2D eigenvalue weighted by Gasteiger charge is 2.52. The van der Waals surface area contributed by atoms with Crippen LogP contribution < -0.4 is 0 Å². The third-order valence-corrected chi connectivity index (χ3v) is 7.18. The zero-order chi connectivity index (χ0) is 21.0. The van der Waals surface area contributed by atoms with Gasteiger partial charge in [-0.05, 0) is 49.1 Å². The van der Waals surface area contributed by atoms with Crippen molar-refractivity contribution in [3.63, 3.8) is 0 Å². The van der Waals surface area contributed by atoms with Gasteiger partial charge in [0, 0.05) is 5.38 Å². The van der Waals surface area contributed by atoms with Crippen LogP contribution in [0.3, 0.4) is 0 Å². The number of hydrogen-bond donors (Lipinski definition) is 0. The number of nitrogens with zero attached hydrogens (tertiary/aromatic N) is 1. The van der Waals surface area contributed by atoms with E-state index >= 15 is 0 Å². The van der Waals surface area contributed by atoms with Gasteiger partial charge in [-0.3, -0.25) is 9.59 Å². The molecule has 1 aliphatic carbocycles. The average Bonchev–Trinajstić information content (AvgIpc) is 3.33. The lowest BCUT2D eigenvalue weighted by Gasteiger charge is -2.37. The molecule has 3 heterocycles. The van der Waals surface area contributed by atoms with Crippen LogP contribution in [0.5, 0.6) is 0 Å². The molecule has 2 aliphatic heterocycles. The topological polar surface area (TPSA) is 59.8 Å². The van der Waals surface area contributed by atoms with E-state index in [1.54, 1.807) is 41.5 Å². The first-order valence-electron chi connectivity index (χ1n) is 9.81. The number of hydrogen-bond acceptors (Lipinski definition) is 4. The molecule has 0 bridgehead atoms. The van der Waals surface area contributed by atoms with Crippen molar-refractivity contribution in [1.29, 1.82) is 0 Å². The van der Waals surface area contributed by atoms with Gasteiger partial charge in [-0.25, -0.2) is 0 Å². The first-order chi connectivity index (χ1) is 14.4. The van der Waals surface area contributed by atoms with Crippen molar-refractivity contribution in [3.05, 3.63) is 69.3 Å². The Bertz CT molecular complexity index is 1050. The Morgan fingerprint density at radius 3 is 2.67 bits per heavy atom. The van der Waals surface area contributed by atoms with E-state index in [1.165, 1.54) is 0 Å². The van der Waals surface area contributed by atoms with Crippen molar-refractivity contribution >= 4 is 46.5 Å². The van der Waals surface area contributed by atoms with Gasteiger partial charge in [-0.1, -0.05) is 29.3 Å².